The Morgan fingerprint density at radius 3 is 2.26 bits per heavy atom. The number of halogens is 3. The van der Waals surface area contributed by atoms with Gasteiger partial charge in [-0.25, -0.2) is 4.99 Å². The molecule has 0 bridgehead atoms. The lowest BCUT2D eigenvalue weighted by atomic mass is 10.1. The Morgan fingerprint density at radius 1 is 1.00 bits per heavy atom. The van der Waals surface area contributed by atoms with E-state index in [0.29, 0.717) is 29.6 Å². The number of carbonyl (C=O) groups excluding carboxylic acids is 1. The van der Waals surface area contributed by atoms with Crippen LogP contribution in [0, 0.1) is 0 Å². The third kappa shape index (κ3) is 8.14. The van der Waals surface area contributed by atoms with Gasteiger partial charge in [0, 0.05) is 12.3 Å². The van der Waals surface area contributed by atoms with Gasteiger partial charge < -0.3 is 14.8 Å². The predicted molar refractivity (Wildman–Crippen MR) is 158 cm³/mol. The Labute approximate surface area is 246 Å². The van der Waals surface area contributed by atoms with Crippen LogP contribution in [0.5, 0.6) is 5.75 Å². The molecule has 0 radical (unpaired) electrons. The Hall–Kier alpha value is -3.81. The lowest BCUT2D eigenvalue weighted by Crippen LogP contribution is -2.29. The fraction of sp³-hybridized carbons (Fsp3) is 0.241. The van der Waals surface area contributed by atoms with Gasteiger partial charge in [-0.3, -0.25) is 9.52 Å². The van der Waals surface area contributed by atoms with Crippen LogP contribution in [0.25, 0.3) is 6.08 Å². The minimum atomic E-state index is -5.52. The molecule has 1 saturated heterocycles. The number of aliphatic imine (C=N–C) groups is 1. The van der Waals surface area contributed by atoms with Crippen molar-refractivity contribution in [3.05, 3.63) is 94.4 Å². The van der Waals surface area contributed by atoms with Gasteiger partial charge in [-0.2, -0.15) is 21.6 Å². The molecule has 3 aromatic carbocycles. The Kier molecular flexibility index (Phi) is 9.97. The molecule has 1 atom stereocenters. The predicted octanol–water partition coefficient (Wildman–Crippen LogP) is 6.91. The van der Waals surface area contributed by atoms with E-state index in [2.05, 4.69) is 29.4 Å². The van der Waals surface area contributed by atoms with E-state index in [1.165, 1.54) is 16.9 Å². The van der Waals surface area contributed by atoms with Crippen molar-refractivity contribution < 1.29 is 35.9 Å². The summed E-state index contributed by atoms with van der Waals surface area (Å²) >= 11 is 1.10. The summed E-state index contributed by atoms with van der Waals surface area (Å²) in [4.78, 5) is 17.1. The van der Waals surface area contributed by atoms with Gasteiger partial charge in [0.25, 0.3) is 5.91 Å². The summed E-state index contributed by atoms with van der Waals surface area (Å²) in [5.41, 5.74) is -2.46. The third-order valence-corrected chi connectivity index (χ3v) is 8.00. The van der Waals surface area contributed by atoms with Crippen LogP contribution in [0.15, 0.2) is 82.7 Å². The summed E-state index contributed by atoms with van der Waals surface area (Å²) in [6.07, 6.45) is 2.68. The van der Waals surface area contributed by atoms with Crippen molar-refractivity contribution in [3.63, 3.8) is 0 Å². The number of thioether (sulfide) groups is 1. The smallest absolute Gasteiger partial charge is 0.489 e. The molecule has 1 unspecified atom stereocenters. The van der Waals surface area contributed by atoms with E-state index in [4.69, 9.17) is 9.47 Å². The minimum absolute atomic E-state index is 0.0842. The first-order valence-corrected chi connectivity index (χ1v) is 15.2. The first-order chi connectivity index (χ1) is 20.0. The number of alkyl halides is 3. The second-order valence-electron chi connectivity index (χ2n) is 9.03. The quantitative estimate of drug-likeness (QED) is 0.226. The summed E-state index contributed by atoms with van der Waals surface area (Å²) in [7, 11) is -5.52. The molecule has 1 amide bonds. The normalized spacial score (nSPS) is 16.5. The van der Waals surface area contributed by atoms with Crippen LogP contribution in [0.4, 0.5) is 24.5 Å². The Balaban J connectivity index is 1.33. The number of hydrogen-bond acceptors (Lipinski definition) is 7. The van der Waals surface area contributed by atoms with E-state index in [9.17, 15) is 26.4 Å². The molecule has 4 rings (SSSR count). The second kappa shape index (κ2) is 13.4. The molecule has 8 nitrogen and oxygen atoms in total. The van der Waals surface area contributed by atoms with Crippen LogP contribution in [0.1, 0.15) is 43.1 Å². The molecule has 1 heterocycles. The van der Waals surface area contributed by atoms with Crippen LogP contribution in [-0.4, -0.2) is 31.6 Å². The highest BCUT2D eigenvalue weighted by atomic mass is 32.2. The highest BCUT2D eigenvalue weighted by Crippen LogP contribution is 2.30. The molecule has 3 aromatic rings. The summed E-state index contributed by atoms with van der Waals surface area (Å²) < 4.78 is 73.2. The lowest BCUT2D eigenvalue weighted by Gasteiger charge is -2.15. The second-order valence-corrected chi connectivity index (χ2v) is 11.7. The lowest BCUT2D eigenvalue weighted by molar-refractivity contribution is -0.115. The molecule has 222 valence electrons. The zero-order valence-electron chi connectivity index (χ0n) is 22.6. The summed E-state index contributed by atoms with van der Waals surface area (Å²) in [6.45, 7) is 5.14. The maximum Gasteiger partial charge on any atom is 0.516 e. The molecule has 2 N–H and O–H groups in total. The zero-order valence-corrected chi connectivity index (χ0v) is 24.3. The van der Waals surface area contributed by atoms with Crippen molar-refractivity contribution in [1.29, 1.82) is 0 Å². The number of ether oxygens (including phenoxy) is 2. The van der Waals surface area contributed by atoms with Crippen molar-refractivity contribution in [1.82, 2.24) is 5.32 Å². The summed E-state index contributed by atoms with van der Waals surface area (Å²) in [5.74, 6) is 0.320. The molecule has 1 aliphatic heterocycles. The molecule has 13 heteroatoms. The third-order valence-electron chi connectivity index (χ3n) is 5.98. The van der Waals surface area contributed by atoms with E-state index in [1.807, 2.05) is 43.3 Å². The van der Waals surface area contributed by atoms with E-state index in [-0.39, 0.29) is 22.9 Å². The monoisotopic (exact) mass is 619 g/mol. The van der Waals surface area contributed by atoms with Crippen LogP contribution in [-0.2, 0) is 26.2 Å². The highest BCUT2D eigenvalue weighted by Gasteiger charge is 2.46. The van der Waals surface area contributed by atoms with Gasteiger partial charge in [0.15, 0.2) is 5.17 Å². The molecule has 1 fully saturated rings. The van der Waals surface area contributed by atoms with Crippen LogP contribution in [0.2, 0.25) is 0 Å². The fourth-order valence-corrected chi connectivity index (χ4v) is 5.28. The molecule has 0 aromatic heterocycles. The number of nitrogens with zero attached hydrogens (tertiary/aromatic N) is 1. The number of carbonyl (C=O) groups is 1. The van der Waals surface area contributed by atoms with E-state index in [1.54, 1.807) is 6.08 Å². The number of anilines is 1. The van der Waals surface area contributed by atoms with E-state index < -0.39 is 15.5 Å². The molecular formula is C29H28F3N3O5S2. The Morgan fingerprint density at radius 2 is 1.67 bits per heavy atom. The number of rotatable bonds is 11. The van der Waals surface area contributed by atoms with Gasteiger partial charge in [0.1, 0.15) is 12.4 Å². The topological polar surface area (TPSA) is 106 Å². The van der Waals surface area contributed by atoms with Gasteiger partial charge in [0.05, 0.1) is 16.7 Å². The van der Waals surface area contributed by atoms with Crippen LogP contribution < -0.4 is 14.8 Å². The number of amidine groups is 1. The molecule has 42 heavy (non-hydrogen) atoms. The average molecular weight is 620 g/mol. The maximum atomic E-state index is 12.5. The van der Waals surface area contributed by atoms with Crippen molar-refractivity contribution in [2.75, 3.05) is 11.3 Å². The van der Waals surface area contributed by atoms with Gasteiger partial charge in [0.2, 0.25) is 0 Å². The number of nitrogens with one attached hydrogen (secondary N) is 2. The van der Waals surface area contributed by atoms with Crippen LogP contribution in [0.3, 0.4) is 0 Å². The molecule has 0 saturated carbocycles. The van der Waals surface area contributed by atoms with Crippen LogP contribution >= 0.6 is 11.8 Å². The van der Waals surface area contributed by atoms with Gasteiger partial charge in [-0.1, -0.05) is 43.3 Å². The molecular weight excluding hydrogens is 591 g/mol. The first-order valence-electron chi connectivity index (χ1n) is 12.9. The fourth-order valence-electron chi connectivity index (χ4n) is 3.87. The van der Waals surface area contributed by atoms with Crippen molar-refractivity contribution in [3.8, 4) is 5.75 Å². The van der Waals surface area contributed by atoms with Gasteiger partial charge in [-0.15, -0.1) is 0 Å². The molecule has 0 spiro atoms. The van der Waals surface area contributed by atoms with E-state index in [0.717, 1.165) is 47.0 Å². The average Bonchev–Trinajstić information content (AvgIpc) is 3.30. The zero-order chi connectivity index (χ0) is 30.3. The maximum absolute atomic E-state index is 12.5. The summed E-state index contributed by atoms with van der Waals surface area (Å²) in [6, 6.07) is 20.3. The van der Waals surface area contributed by atoms with Crippen molar-refractivity contribution in [2.45, 2.75) is 38.5 Å². The highest BCUT2D eigenvalue weighted by molar-refractivity contribution is 8.18. The van der Waals surface area contributed by atoms with Crippen molar-refractivity contribution >= 4 is 50.3 Å². The SMILES string of the molecule is CCOC(CC)c1ccc(COc2ccc(/C=C3/SC(=Nc4ccc(NS(=O)(=O)C(F)(F)F)cc4)NC3=O)cc2)cc1. The number of hydrogen-bond donors (Lipinski definition) is 2. The molecule has 1 aliphatic rings. The van der Waals surface area contributed by atoms with Gasteiger partial charge >= 0.3 is 15.5 Å². The van der Waals surface area contributed by atoms with Gasteiger partial charge in [-0.05, 0) is 84.3 Å². The number of amides is 1. The Bertz CT molecular complexity index is 1560. The number of sulfonamides is 1. The standard InChI is InChI=1S/C29H28F3N3O5S2/c1-3-25(39-4-2)21-9-5-20(6-10-21)18-40-24-15-7-19(8-16-24)17-26-27(36)34-28(41-26)33-22-11-13-23(14-12-22)35-42(37,38)29(30,31)32/h5-17,25,35H,3-4,18H2,1-2H3,(H,33,34,36)/b26-17+. The van der Waals surface area contributed by atoms with E-state index >= 15 is 0 Å². The first kappa shape index (κ1) is 31.1. The molecule has 0 aliphatic carbocycles. The minimum Gasteiger partial charge on any atom is -0.489 e. The van der Waals surface area contributed by atoms with Crippen molar-refractivity contribution in [2.24, 2.45) is 4.99 Å². The summed E-state index contributed by atoms with van der Waals surface area (Å²) in [5, 5.41) is 2.90. The largest absolute Gasteiger partial charge is 0.516 e. The number of benzene rings is 3.